The summed E-state index contributed by atoms with van der Waals surface area (Å²) in [6.45, 7) is -0.00576. The zero-order chi connectivity index (χ0) is 16.5. The van der Waals surface area contributed by atoms with Gasteiger partial charge in [0, 0.05) is 23.1 Å². The van der Waals surface area contributed by atoms with Crippen LogP contribution in [0.4, 0.5) is 0 Å². The molecule has 0 saturated heterocycles. The minimum Gasteiger partial charge on any atom is -0.496 e. The summed E-state index contributed by atoms with van der Waals surface area (Å²) in [6.07, 6.45) is 2.96. The molecule has 23 heavy (non-hydrogen) atoms. The van der Waals surface area contributed by atoms with Crippen molar-refractivity contribution in [2.45, 2.75) is 6.54 Å². The van der Waals surface area contributed by atoms with Gasteiger partial charge < -0.3 is 14.8 Å². The normalized spacial score (nSPS) is 10.5. The molecule has 0 aliphatic rings. The van der Waals surface area contributed by atoms with Crippen molar-refractivity contribution in [3.05, 3.63) is 58.3 Å². The maximum Gasteiger partial charge on any atom is 0.331 e. The number of rotatable bonds is 7. The first-order valence-electron chi connectivity index (χ1n) is 6.96. The second-order valence-electron chi connectivity index (χ2n) is 4.55. The van der Waals surface area contributed by atoms with Crippen molar-refractivity contribution >= 4 is 29.3 Å². The number of benzene rings is 1. The van der Waals surface area contributed by atoms with E-state index >= 15 is 0 Å². The highest BCUT2D eigenvalue weighted by Crippen LogP contribution is 2.16. The molecule has 5 nitrogen and oxygen atoms in total. The first kappa shape index (κ1) is 16.8. The molecule has 0 spiro atoms. The summed E-state index contributed by atoms with van der Waals surface area (Å²) in [4.78, 5) is 24.2. The van der Waals surface area contributed by atoms with Crippen LogP contribution < -0.4 is 10.1 Å². The average Bonchev–Trinajstić information content (AvgIpc) is 3.10. The molecule has 2 rings (SSSR count). The Hall–Kier alpha value is -2.60. The van der Waals surface area contributed by atoms with Crippen LogP contribution in [0.2, 0.25) is 0 Å². The molecule has 120 valence electrons. The molecule has 1 N–H and O–H groups in total. The molecule has 0 unspecified atom stereocenters. The van der Waals surface area contributed by atoms with Crippen LogP contribution in [-0.4, -0.2) is 25.6 Å². The van der Waals surface area contributed by atoms with Crippen LogP contribution in [0.25, 0.3) is 6.08 Å². The number of carbonyl (C=O) groups is 2. The van der Waals surface area contributed by atoms with Gasteiger partial charge in [-0.05, 0) is 23.6 Å². The Morgan fingerprint density at radius 1 is 1.22 bits per heavy atom. The van der Waals surface area contributed by atoms with Crippen LogP contribution in [0.5, 0.6) is 5.75 Å². The van der Waals surface area contributed by atoms with E-state index in [9.17, 15) is 9.59 Å². The molecule has 1 aromatic carbocycles. The first-order chi connectivity index (χ1) is 11.2. The quantitative estimate of drug-likeness (QED) is 0.626. The molecule has 0 fully saturated rings. The van der Waals surface area contributed by atoms with Crippen LogP contribution >= 0.6 is 11.3 Å². The van der Waals surface area contributed by atoms with Crippen molar-refractivity contribution in [3.8, 4) is 5.75 Å². The first-order valence-corrected chi connectivity index (χ1v) is 7.84. The SMILES string of the molecule is COc1ccccc1CNC(=O)COC(=O)C=Cc1cccs1. The van der Waals surface area contributed by atoms with E-state index in [4.69, 9.17) is 9.47 Å². The van der Waals surface area contributed by atoms with E-state index in [1.54, 1.807) is 13.2 Å². The van der Waals surface area contributed by atoms with Crippen LogP contribution in [0.1, 0.15) is 10.4 Å². The fourth-order valence-corrected chi connectivity index (χ4v) is 2.43. The van der Waals surface area contributed by atoms with Crippen molar-refractivity contribution in [1.29, 1.82) is 0 Å². The van der Waals surface area contributed by atoms with E-state index in [2.05, 4.69) is 5.32 Å². The standard InChI is InChI=1S/C17H17NO4S/c1-21-15-7-3-2-5-13(15)11-18-16(19)12-22-17(20)9-8-14-6-4-10-23-14/h2-10H,11-12H2,1H3,(H,18,19). The molecule has 0 radical (unpaired) electrons. The number of hydrogen-bond donors (Lipinski definition) is 1. The average molecular weight is 331 g/mol. The van der Waals surface area contributed by atoms with Crippen LogP contribution in [0, 0.1) is 0 Å². The predicted octanol–water partition coefficient (Wildman–Crippen LogP) is 2.63. The summed E-state index contributed by atoms with van der Waals surface area (Å²) in [5.74, 6) is -0.219. The van der Waals surface area contributed by atoms with Crippen LogP contribution in [0.15, 0.2) is 47.9 Å². The summed E-state index contributed by atoms with van der Waals surface area (Å²) < 4.78 is 10.1. The molecule has 1 heterocycles. The molecular weight excluding hydrogens is 314 g/mol. The lowest BCUT2D eigenvalue weighted by Crippen LogP contribution is -2.28. The van der Waals surface area contributed by atoms with Gasteiger partial charge in [0.1, 0.15) is 5.75 Å². The summed E-state index contributed by atoms with van der Waals surface area (Å²) in [6, 6.07) is 11.2. The highest BCUT2D eigenvalue weighted by Gasteiger charge is 2.07. The van der Waals surface area contributed by atoms with E-state index in [0.29, 0.717) is 12.3 Å². The third kappa shape index (κ3) is 5.60. The fraction of sp³-hybridized carbons (Fsp3) is 0.176. The molecule has 0 aliphatic carbocycles. The zero-order valence-electron chi connectivity index (χ0n) is 12.7. The fourth-order valence-electron chi connectivity index (χ4n) is 1.81. The predicted molar refractivity (Wildman–Crippen MR) is 89.2 cm³/mol. The molecule has 0 atom stereocenters. The van der Waals surface area contributed by atoms with Gasteiger partial charge in [-0.25, -0.2) is 4.79 Å². The lowest BCUT2D eigenvalue weighted by Gasteiger charge is -2.09. The number of carbonyl (C=O) groups excluding carboxylic acids is 2. The van der Waals surface area contributed by atoms with Crippen molar-refractivity contribution in [3.63, 3.8) is 0 Å². The Morgan fingerprint density at radius 2 is 2.04 bits per heavy atom. The molecule has 0 bridgehead atoms. The number of hydrogen-bond acceptors (Lipinski definition) is 5. The van der Waals surface area contributed by atoms with E-state index < -0.39 is 5.97 Å². The minimum absolute atomic E-state index is 0.311. The number of esters is 1. The van der Waals surface area contributed by atoms with Crippen molar-refractivity contribution in [1.82, 2.24) is 5.32 Å². The smallest absolute Gasteiger partial charge is 0.331 e. The van der Waals surface area contributed by atoms with Crippen LogP contribution in [0.3, 0.4) is 0 Å². The number of amides is 1. The molecule has 0 aliphatic heterocycles. The second-order valence-corrected chi connectivity index (χ2v) is 5.52. The van der Waals surface area contributed by atoms with Crippen molar-refractivity contribution < 1.29 is 19.1 Å². The van der Waals surface area contributed by atoms with Gasteiger partial charge >= 0.3 is 5.97 Å². The van der Waals surface area contributed by atoms with Gasteiger partial charge in [0.25, 0.3) is 5.91 Å². The van der Waals surface area contributed by atoms with Gasteiger partial charge in [0.15, 0.2) is 6.61 Å². The summed E-state index contributed by atoms with van der Waals surface area (Å²) in [5.41, 5.74) is 0.854. The highest BCUT2D eigenvalue weighted by molar-refractivity contribution is 7.10. The van der Waals surface area contributed by atoms with Crippen molar-refractivity contribution in [2.24, 2.45) is 0 Å². The van der Waals surface area contributed by atoms with E-state index in [0.717, 1.165) is 10.4 Å². The monoisotopic (exact) mass is 331 g/mol. The molecule has 2 aromatic rings. The van der Waals surface area contributed by atoms with Crippen molar-refractivity contribution in [2.75, 3.05) is 13.7 Å². The second kappa shape index (κ2) is 8.75. The summed E-state index contributed by atoms with van der Waals surface area (Å²) >= 11 is 1.51. The van der Waals surface area contributed by atoms with Gasteiger partial charge in [-0.15, -0.1) is 11.3 Å². The van der Waals surface area contributed by atoms with Gasteiger partial charge in [0.05, 0.1) is 7.11 Å². The number of methoxy groups -OCH3 is 1. The topological polar surface area (TPSA) is 64.6 Å². The Morgan fingerprint density at radius 3 is 2.78 bits per heavy atom. The molecule has 0 saturated carbocycles. The summed E-state index contributed by atoms with van der Waals surface area (Å²) in [7, 11) is 1.57. The third-order valence-corrected chi connectivity index (χ3v) is 3.78. The minimum atomic E-state index is -0.550. The summed E-state index contributed by atoms with van der Waals surface area (Å²) in [5, 5.41) is 4.59. The largest absolute Gasteiger partial charge is 0.496 e. The Labute approximate surface area is 138 Å². The molecular formula is C17H17NO4S. The van der Waals surface area contributed by atoms with E-state index in [-0.39, 0.29) is 12.5 Å². The Bertz CT molecular complexity index is 680. The maximum atomic E-state index is 11.7. The lowest BCUT2D eigenvalue weighted by molar-refractivity contribution is -0.143. The number of ether oxygens (including phenoxy) is 2. The van der Waals surface area contributed by atoms with Gasteiger partial charge in [-0.1, -0.05) is 24.3 Å². The molecule has 6 heteroatoms. The highest BCUT2D eigenvalue weighted by atomic mass is 32.1. The maximum absolute atomic E-state index is 11.7. The number of para-hydroxylation sites is 1. The molecule has 1 amide bonds. The van der Waals surface area contributed by atoms with Gasteiger partial charge in [-0.2, -0.15) is 0 Å². The third-order valence-electron chi connectivity index (χ3n) is 2.94. The zero-order valence-corrected chi connectivity index (χ0v) is 13.5. The number of thiophene rings is 1. The van der Waals surface area contributed by atoms with Gasteiger partial charge in [-0.3, -0.25) is 4.79 Å². The number of nitrogens with one attached hydrogen (secondary N) is 1. The van der Waals surface area contributed by atoms with Gasteiger partial charge in [0.2, 0.25) is 0 Å². The Balaban J connectivity index is 1.73. The van der Waals surface area contributed by atoms with E-state index in [1.165, 1.54) is 17.4 Å². The van der Waals surface area contributed by atoms with E-state index in [1.807, 2.05) is 41.8 Å². The van der Waals surface area contributed by atoms with Crippen LogP contribution in [-0.2, 0) is 20.9 Å². The Kier molecular flexibility index (Phi) is 6.38. The molecule has 1 aromatic heterocycles. The lowest BCUT2D eigenvalue weighted by atomic mass is 10.2.